The number of fused-ring (bicyclic) bond motifs is 2. The Hall–Kier alpha value is -3.71. The van der Waals surface area contributed by atoms with Crippen molar-refractivity contribution in [1.29, 1.82) is 0 Å². The Morgan fingerprint density at radius 2 is 1.47 bits per heavy atom. The lowest BCUT2D eigenvalue weighted by molar-refractivity contribution is -0.247. The van der Waals surface area contributed by atoms with Crippen molar-refractivity contribution in [3.05, 3.63) is 108 Å². The lowest BCUT2D eigenvalue weighted by Gasteiger charge is -2.32. The molecule has 1 atom stereocenters. The molecule has 3 nitrogen and oxygen atoms in total. The van der Waals surface area contributed by atoms with Crippen LogP contribution in [0.25, 0.3) is 27.4 Å². The maximum absolute atomic E-state index is 14.4. The summed E-state index contributed by atoms with van der Waals surface area (Å²) in [6.45, 7) is 0. The van der Waals surface area contributed by atoms with E-state index < -0.39 is 23.2 Å². The van der Waals surface area contributed by atoms with E-state index in [-0.39, 0.29) is 16.3 Å². The van der Waals surface area contributed by atoms with E-state index >= 15 is 0 Å². The fourth-order valence-electron chi connectivity index (χ4n) is 4.08. The zero-order valence-corrected chi connectivity index (χ0v) is 16.5. The molecule has 7 heteroatoms. The highest BCUT2D eigenvalue weighted by Crippen LogP contribution is 2.47. The van der Waals surface area contributed by atoms with E-state index in [2.05, 4.69) is 5.10 Å². The summed E-state index contributed by atoms with van der Waals surface area (Å²) in [5.41, 5.74) is -2.80. The molecular weight excluding hydrogens is 420 g/mol. The lowest BCUT2D eigenvalue weighted by Crippen LogP contribution is -2.43. The monoisotopic (exact) mass is 436 g/mol. The highest BCUT2D eigenvalue weighted by Gasteiger charge is 2.57. The highest BCUT2D eigenvalue weighted by molar-refractivity contribution is 5.88. The van der Waals surface area contributed by atoms with Crippen LogP contribution in [0.15, 0.2) is 91.1 Å². The maximum atomic E-state index is 14.4. The van der Waals surface area contributed by atoms with Crippen LogP contribution in [0.1, 0.15) is 11.1 Å². The van der Waals surface area contributed by atoms with Crippen LogP contribution >= 0.6 is 0 Å². The second-order valence-electron chi connectivity index (χ2n) is 7.51. The van der Waals surface area contributed by atoms with E-state index in [0.717, 1.165) is 17.8 Å². The summed E-state index contributed by atoms with van der Waals surface area (Å²) >= 11 is 0. The van der Waals surface area contributed by atoms with Crippen LogP contribution in [-0.4, -0.2) is 21.1 Å². The SMILES string of the molecule is OC(c1ccc2c(cnn2-c2ccccc2)c1)(c1ccc(F)c2ccccc12)C(F)(F)F. The summed E-state index contributed by atoms with van der Waals surface area (Å²) in [7, 11) is 0. The zero-order valence-electron chi connectivity index (χ0n) is 16.5. The zero-order chi connectivity index (χ0) is 22.5. The van der Waals surface area contributed by atoms with Gasteiger partial charge in [0, 0.05) is 16.3 Å². The quantitative estimate of drug-likeness (QED) is 0.346. The molecule has 0 saturated carbocycles. The van der Waals surface area contributed by atoms with Crippen LogP contribution in [0.4, 0.5) is 17.6 Å². The number of hydrogen-bond donors (Lipinski definition) is 1. The average molecular weight is 436 g/mol. The topological polar surface area (TPSA) is 38.1 Å². The Morgan fingerprint density at radius 1 is 0.781 bits per heavy atom. The van der Waals surface area contributed by atoms with Gasteiger partial charge in [0.1, 0.15) is 5.82 Å². The number of hydrogen-bond acceptors (Lipinski definition) is 2. The molecule has 32 heavy (non-hydrogen) atoms. The predicted octanol–water partition coefficient (Wildman–Crippen LogP) is 6.12. The third-order valence-corrected chi connectivity index (χ3v) is 5.66. The van der Waals surface area contributed by atoms with Crippen molar-refractivity contribution in [2.45, 2.75) is 11.8 Å². The first-order valence-electron chi connectivity index (χ1n) is 9.81. The number of halogens is 4. The van der Waals surface area contributed by atoms with Gasteiger partial charge in [0.2, 0.25) is 5.60 Å². The first kappa shape index (κ1) is 20.2. The number of rotatable bonds is 3. The van der Waals surface area contributed by atoms with Crippen LogP contribution in [-0.2, 0) is 5.60 Å². The van der Waals surface area contributed by atoms with E-state index in [4.69, 9.17) is 0 Å². The Kier molecular flexibility index (Phi) is 4.53. The molecule has 1 aromatic heterocycles. The Bertz CT molecular complexity index is 1440. The fraction of sp³-hybridized carbons (Fsp3) is 0.0800. The van der Waals surface area contributed by atoms with Crippen LogP contribution in [0.5, 0.6) is 0 Å². The van der Waals surface area contributed by atoms with Gasteiger partial charge in [-0.3, -0.25) is 0 Å². The molecule has 4 aromatic carbocycles. The van der Waals surface area contributed by atoms with Gasteiger partial charge in [-0.15, -0.1) is 0 Å². The molecule has 5 aromatic rings. The van der Waals surface area contributed by atoms with Crippen molar-refractivity contribution < 1.29 is 22.7 Å². The largest absolute Gasteiger partial charge is 0.425 e. The Balaban J connectivity index is 1.74. The highest BCUT2D eigenvalue weighted by atomic mass is 19.4. The average Bonchev–Trinajstić information content (AvgIpc) is 3.22. The third-order valence-electron chi connectivity index (χ3n) is 5.66. The van der Waals surface area contributed by atoms with Gasteiger partial charge < -0.3 is 5.11 Å². The fourth-order valence-corrected chi connectivity index (χ4v) is 4.08. The molecule has 5 rings (SSSR count). The predicted molar refractivity (Wildman–Crippen MR) is 114 cm³/mol. The van der Waals surface area contributed by atoms with Gasteiger partial charge >= 0.3 is 6.18 Å². The summed E-state index contributed by atoms with van der Waals surface area (Å²) in [6.07, 6.45) is -3.61. The molecule has 0 bridgehead atoms. The lowest BCUT2D eigenvalue weighted by atomic mass is 9.82. The molecule has 0 aliphatic heterocycles. The molecule has 0 aliphatic rings. The summed E-state index contributed by atoms with van der Waals surface area (Å²) in [4.78, 5) is 0. The van der Waals surface area contributed by atoms with Crippen LogP contribution < -0.4 is 0 Å². The number of para-hydroxylation sites is 1. The first-order valence-corrected chi connectivity index (χ1v) is 9.81. The summed E-state index contributed by atoms with van der Waals surface area (Å²) in [5.74, 6) is -0.659. The van der Waals surface area contributed by atoms with Crippen molar-refractivity contribution in [3.8, 4) is 5.69 Å². The molecule has 0 aliphatic carbocycles. The van der Waals surface area contributed by atoms with E-state index in [0.29, 0.717) is 10.9 Å². The van der Waals surface area contributed by atoms with Crippen LogP contribution in [0.3, 0.4) is 0 Å². The van der Waals surface area contributed by atoms with Gasteiger partial charge in [-0.2, -0.15) is 18.3 Å². The van der Waals surface area contributed by atoms with Gasteiger partial charge in [0.15, 0.2) is 0 Å². The van der Waals surface area contributed by atoms with Gasteiger partial charge in [0.05, 0.1) is 17.4 Å². The molecule has 0 fully saturated rings. The molecule has 1 N–H and O–H groups in total. The van der Waals surface area contributed by atoms with E-state index in [1.807, 2.05) is 30.3 Å². The minimum atomic E-state index is -5.06. The van der Waals surface area contributed by atoms with Gasteiger partial charge in [-0.1, -0.05) is 54.6 Å². The van der Waals surface area contributed by atoms with Crippen molar-refractivity contribution in [1.82, 2.24) is 9.78 Å². The second-order valence-corrected chi connectivity index (χ2v) is 7.51. The first-order chi connectivity index (χ1) is 15.3. The third kappa shape index (κ3) is 2.97. The van der Waals surface area contributed by atoms with Crippen molar-refractivity contribution >= 4 is 21.7 Å². The van der Waals surface area contributed by atoms with E-state index in [1.165, 1.54) is 48.7 Å². The van der Waals surface area contributed by atoms with Crippen molar-refractivity contribution in [2.24, 2.45) is 0 Å². The van der Waals surface area contributed by atoms with Gasteiger partial charge in [0.25, 0.3) is 0 Å². The molecule has 1 unspecified atom stereocenters. The Labute approximate surface area is 180 Å². The molecule has 0 radical (unpaired) electrons. The van der Waals surface area contributed by atoms with Crippen molar-refractivity contribution in [2.75, 3.05) is 0 Å². The van der Waals surface area contributed by atoms with Crippen LogP contribution in [0, 0.1) is 5.82 Å². The molecular formula is C25H16F4N2O. The molecule has 0 spiro atoms. The van der Waals surface area contributed by atoms with E-state index in [9.17, 15) is 22.7 Å². The van der Waals surface area contributed by atoms with E-state index in [1.54, 1.807) is 4.68 Å². The number of aromatic nitrogens is 2. The standard InChI is InChI=1S/C25H16F4N2O/c26-22-12-11-21(19-8-4-5-9-20(19)22)24(32,25(27,28)29)17-10-13-23-16(14-17)15-30-31(23)18-6-2-1-3-7-18/h1-15,32H. The Morgan fingerprint density at radius 3 is 2.19 bits per heavy atom. The smallest absolute Gasteiger partial charge is 0.372 e. The minimum Gasteiger partial charge on any atom is -0.372 e. The molecule has 160 valence electrons. The second kappa shape index (κ2) is 7.17. The molecule has 1 heterocycles. The molecule has 0 amide bonds. The summed E-state index contributed by atoms with van der Waals surface area (Å²) in [6, 6.07) is 20.9. The number of nitrogens with zero attached hydrogens (tertiary/aromatic N) is 2. The normalized spacial score (nSPS) is 14.0. The number of alkyl halides is 3. The number of benzene rings is 4. The van der Waals surface area contributed by atoms with Crippen molar-refractivity contribution in [3.63, 3.8) is 0 Å². The minimum absolute atomic E-state index is 0.00523. The number of aliphatic hydroxyl groups is 1. The maximum Gasteiger partial charge on any atom is 0.425 e. The summed E-state index contributed by atoms with van der Waals surface area (Å²) in [5, 5.41) is 15.9. The molecule has 0 saturated heterocycles. The van der Waals surface area contributed by atoms with Crippen LogP contribution in [0.2, 0.25) is 0 Å². The van der Waals surface area contributed by atoms with Gasteiger partial charge in [-0.25, -0.2) is 9.07 Å². The summed E-state index contributed by atoms with van der Waals surface area (Å²) < 4.78 is 59.1. The van der Waals surface area contributed by atoms with Gasteiger partial charge in [-0.05, 0) is 41.3 Å².